The van der Waals surface area contributed by atoms with Crippen LogP contribution in [0, 0.1) is 0 Å². The van der Waals surface area contributed by atoms with E-state index in [1.54, 1.807) is 0 Å². The van der Waals surface area contributed by atoms with E-state index in [0.29, 0.717) is 6.04 Å². The fraction of sp³-hybridized carbons (Fsp3) is 0.786. The van der Waals surface area contributed by atoms with Crippen molar-refractivity contribution in [3.05, 3.63) is 18.2 Å². The van der Waals surface area contributed by atoms with Crippen molar-refractivity contribution in [1.82, 2.24) is 19.8 Å². The van der Waals surface area contributed by atoms with E-state index < -0.39 is 0 Å². The number of rotatable bonds is 4. The highest BCUT2D eigenvalue weighted by Gasteiger charge is 2.36. The topological polar surface area (TPSA) is 33.1 Å². The Morgan fingerprint density at radius 2 is 2.17 bits per heavy atom. The smallest absolute Gasteiger partial charge is 0.0951 e. The average molecular weight is 246 g/mol. The Morgan fingerprint density at radius 3 is 3.06 bits per heavy atom. The van der Waals surface area contributed by atoms with Gasteiger partial charge in [-0.15, -0.1) is 0 Å². The predicted molar refractivity (Wildman–Crippen MR) is 70.3 cm³/mol. The summed E-state index contributed by atoms with van der Waals surface area (Å²) < 4.78 is 2.37. The summed E-state index contributed by atoms with van der Waals surface area (Å²) in [6.45, 7) is 3.61. The van der Waals surface area contributed by atoms with Crippen molar-refractivity contribution >= 4 is 0 Å². The summed E-state index contributed by atoms with van der Waals surface area (Å²) in [5.41, 5.74) is 1.37. The Hall–Kier alpha value is -0.870. The van der Waals surface area contributed by atoms with Crippen LogP contribution in [0.2, 0.25) is 0 Å². The van der Waals surface area contributed by atoms with E-state index in [2.05, 4.69) is 19.8 Å². The van der Waals surface area contributed by atoms with Gasteiger partial charge >= 0.3 is 0 Å². The lowest BCUT2D eigenvalue weighted by molar-refractivity contribution is 0.298. The highest BCUT2D eigenvalue weighted by molar-refractivity contribution is 5.05. The minimum absolute atomic E-state index is 0.704. The number of fused-ring (bicyclic) bond motifs is 1. The number of nitrogens with zero attached hydrogens (tertiary/aromatic N) is 3. The van der Waals surface area contributed by atoms with Gasteiger partial charge in [0.05, 0.1) is 12.0 Å². The molecule has 1 aromatic heterocycles. The monoisotopic (exact) mass is 246 g/mol. The Kier molecular flexibility index (Phi) is 2.66. The molecule has 1 saturated carbocycles. The Bertz CT molecular complexity index is 423. The van der Waals surface area contributed by atoms with Gasteiger partial charge in [-0.2, -0.15) is 0 Å². The molecule has 2 saturated heterocycles. The summed E-state index contributed by atoms with van der Waals surface area (Å²) in [5, 5.41) is 3.78. The summed E-state index contributed by atoms with van der Waals surface area (Å²) in [5.74, 6) is 0. The Morgan fingerprint density at radius 1 is 1.22 bits per heavy atom. The molecule has 18 heavy (non-hydrogen) atoms. The summed E-state index contributed by atoms with van der Waals surface area (Å²) in [4.78, 5) is 6.97. The Balaban J connectivity index is 1.39. The number of hydrogen-bond donors (Lipinski definition) is 1. The molecule has 0 spiro atoms. The third kappa shape index (κ3) is 1.88. The zero-order valence-corrected chi connectivity index (χ0v) is 10.9. The van der Waals surface area contributed by atoms with Gasteiger partial charge in [0.25, 0.3) is 0 Å². The van der Waals surface area contributed by atoms with Gasteiger partial charge in [-0.05, 0) is 38.6 Å². The predicted octanol–water partition coefficient (Wildman–Crippen LogP) is 1.54. The van der Waals surface area contributed by atoms with Gasteiger partial charge in [0, 0.05) is 37.4 Å². The molecule has 4 nitrogen and oxygen atoms in total. The van der Waals surface area contributed by atoms with Crippen LogP contribution in [0.3, 0.4) is 0 Å². The second-order valence-electron chi connectivity index (χ2n) is 6.05. The van der Waals surface area contributed by atoms with Gasteiger partial charge in [0.2, 0.25) is 0 Å². The lowest BCUT2D eigenvalue weighted by Crippen LogP contribution is -2.39. The van der Waals surface area contributed by atoms with Crippen LogP contribution < -0.4 is 5.32 Å². The van der Waals surface area contributed by atoms with Crippen LogP contribution in [0.25, 0.3) is 0 Å². The maximum atomic E-state index is 4.31. The molecule has 2 atom stereocenters. The molecule has 1 aromatic rings. The van der Waals surface area contributed by atoms with Gasteiger partial charge < -0.3 is 9.88 Å². The molecule has 3 heterocycles. The summed E-state index contributed by atoms with van der Waals surface area (Å²) in [6, 6.07) is 2.26. The third-order valence-corrected chi connectivity index (χ3v) is 4.84. The molecular weight excluding hydrogens is 224 g/mol. The number of imidazole rings is 1. The zero-order chi connectivity index (χ0) is 11.9. The molecular formula is C14H22N4. The van der Waals surface area contributed by atoms with E-state index in [-0.39, 0.29) is 0 Å². The molecule has 1 N–H and O–H groups in total. The summed E-state index contributed by atoms with van der Waals surface area (Å²) in [6.07, 6.45) is 10.8. The highest BCUT2D eigenvalue weighted by atomic mass is 15.2. The van der Waals surface area contributed by atoms with Crippen molar-refractivity contribution in [2.75, 3.05) is 13.1 Å². The molecule has 0 radical (unpaired) electrons. The van der Waals surface area contributed by atoms with Crippen molar-refractivity contribution in [1.29, 1.82) is 0 Å². The lowest BCUT2D eigenvalue weighted by atomic mass is 10.1. The maximum Gasteiger partial charge on any atom is 0.0951 e. The van der Waals surface area contributed by atoms with E-state index >= 15 is 0 Å². The molecule has 2 aliphatic heterocycles. The van der Waals surface area contributed by atoms with E-state index in [1.165, 1.54) is 50.9 Å². The number of hydrogen-bond acceptors (Lipinski definition) is 3. The minimum Gasteiger partial charge on any atom is -0.330 e. The van der Waals surface area contributed by atoms with Crippen molar-refractivity contribution in [2.24, 2.45) is 0 Å². The molecule has 3 aliphatic rings. The van der Waals surface area contributed by atoms with Crippen molar-refractivity contribution in [3.8, 4) is 0 Å². The molecule has 0 aromatic carbocycles. The number of aromatic nitrogens is 2. The van der Waals surface area contributed by atoms with Gasteiger partial charge in [0.15, 0.2) is 0 Å². The molecule has 2 unspecified atom stereocenters. The standard InChI is InChI=1S/C14H22N4/c1-2-14-13(5-7-17(14)6-1)16-9-12-8-15-10-18(12)11-3-4-11/h8,10-11,13-14,16H,1-7,9H2. The van der Waals surface area contributed by atoms with E-state index in [9.17, 15) is 0 Å². The largest absolute Gasteiger partial charge is 0.330 e. The van der Waals surface area contributed by atoms with Gasteiger partial charge in [-0.3, -0.25) is 4.90 Å². The van der Waals surface area contributed by atoms with Crippen LogP contribution >= 0.6 is 0 Å². The first-order valence-corrected chi connectivity index (χ1v) is 7.40. The fourth-order valence-electron chi connectivity index (χ4n) is 3.71. The second kappa shape index (κ2) is 4.35. The van der Waals surface area contributed by atoms with E-state index in [4.69, 9.17) is 0 Å². The number of nitrogens with one attached hydrogen (secondary N) is 1. The highest BCUT2D eigenvalue weighted by Crippen LogP contribution is 2.35. The molecule has 98 valence electrons. The maximum absolute atomic E-state index is 4.31. The van der Waals surface area contributed by atoms with Crippen LogP contribution in [-0.4, -0.2) is 39.6 Å². The fourth-order valence-corrected chi connectivity index (χ4v) is 3.71. The molecule has 3 fully saturated rings. The average Bonchev–Trinajstić information content (AvgIpc) is 2.81. The third-order valence-electron chi connectivity index (χ3n) is 4.84. The summed E-state index contributed by atoms with van der Waals surface area (Å²) >= 11 is 0. The van der Waals surface area contributed by atoms with Crippen molar-refractivity contribution in [2.45, 2.75) is 56.8 Å². The van der Waals surface area contributed by atoms with Crippen molar-refractivity contribution in [3.63, 3.8) is 0 Å². The first-order valence-electron chi connectivity index (χ1n) is 7.40. The Labute approximate surface area is 108 Å². The van der Waals surface area contributed by atoms with Crippen LogP contribution in [0.1, 0.15) is 43.8 Å². The second-order valence-corrected chi connectivity index (χ2v) is 6.05. The van der Waals surface area contributed by atoms with Gasteiger partial charge in [-0.1, -0.05) is 0 Å². The SMILES string of the molecule is c1ncn(C2CC2)c1CNC1CCN2CCCC12. The molecule has 1 aliphatic carbocycles. The first-order chi connectivity index (χ1) is 8.92. The summed E-state index contributed by atoms with van der Waals surface area (Å²) in [7, 11) is 0. The van der Waals surface area contributed by atoms with E-state index in [1.807, 2.05) is 12.5 Å². The van der Waals surface area contributed by atoms with Crippen molar-refractivity contribution < 1.29 is 0 Å². The van der Waals surface area contributed by atoms with Crippen LogP contribution in [-0.2, 0) is 6.54 Å². The van der Waals surface area contributed by atoms with E-state index in [0.717, 1.165) is 18.6 Å². The zero-order valence-electron chi connectivity index (χ0n) is 10.9. The van der Waals surface area contributed by atoms with Crippen LogP contribution in [0.4, 0.5) is 0 Å². The van der Waals surface area contributed by atoms with Crippen LogP contribution in [0.15, 0.2) is 12.5 Å². The minimum atomic E-state index is 0.704. The molecule has 4 heteroatoms. The molecule has 0 amide bonds. The van der Waals surface area contributed by atoms with Crippen LogP contribution in [0.5, 0.6) is 0 Å². The quantitative estimate of drug-likeness (QED) is 0.875. The first kappa shape index (κ1) is 11.0. The molecule has 0 bridgehead atoms. The van der Waals surface area contributed by atoms with Gasteiger partial charge in [0.1, 0.15) is 0 Å². The molecule has 4 rings (SSSR count). The van der Waals surface area contributed by atoms with Gasteiger partial charge in [-0.25, -0.2) is 4.98 Å². The lowest BCUT2D eigenvalue weighted by Gasteiger charge is -2.21. The normalized spacial score (nSPS) is 32.0.